The van der Waals surface area contributed by atoms with Gasteiger partial charge in [0.2, 0.25) is 0 Å². The number of hydrogen-bond donors (Lipinski definition) is 2. The fourth-order valence-corrected chi connectivity index (χ4v) is 2.24. The monoisotopic (exact) mass is 343 g/mol. The molecular weight excluding hydrogens is 318 g/mol. The standard InChI is InChI=1S/C18H25N5O2/c1-6-14-15(22-23(21-14)18(3,4)5)17(25)20-13-10-8-9-12(11-13)16(24)19-7-2/h8-11H,6-7H2,1-5H3,(H,19,24)(H,20,25). The second-order valence-corrected chi connectivity index (χ2v) is 6.70. The molecule has 0 bridgehead atoms. The first-order valence-corrected chi connectivity index (χ1v) is 8.42. The van der Waals surface area contributed by atoms with Gasteiger partial charge in [0.05, 0.1) is 11.2 Å². The van der Waals surface area contributed by atoms with Crippen LogP contribution in [0.25, 0.3) is 0 Å². The molecule has 1 aromatic heterocycles. The van der Waals surface area contributed by atoms with E-state index in [0.29, 0.717) is 35.6 Å². The van der Waals surface area contributed by atoms with Gasteiger partial charge in [-0.25, -0.2) is 0 Å². The quantitative estimate of drug-likeness (QED) is 0.873. The van der Waals surface area contributed by atoms with Crippen LogP contribution in [0.5, 0.6) is 0 Å². The van der Waals surface area contributed by atoms with Crippen molar-refractivity contribution in [3.63, 3.8) is 0 Å². The number of hydrogen-bond acceptors (Lipinski definition) is 4. The van der Waals surface area contributed by atoms with Crippen molar-refractivity contribution < 1.29 is 9.59 Å². The molecule has 25 heavy (non-hydrogen) atoms. The zero-order chi connectivity index (χ0) is 18.6. The summed E-state index contributed by atoms with van der Waals surface area (Å²) in [5.74, 6) is -0.507. The molecule has 7 heteroatoms. The van der Waals surface area contributed by atoms with Gasteiger partial charge < -0.3 is 10.6 Å². The molecule has 0 aliphatic rings. The van der Waals surface area contributed by atoms with Crippen LogP contribution in [0.2, 0.25) is 0 Å². The highest BCUT2D eigenvalue weighted by molar-refractivity contribution is 6.04. The molecule has 0 fully saturated rings. The molecule has 0 aliphatic heterocycles. The van der Waals surface area contributed by atoms with E-state index in [1.165, 1.54) is 0 Å². The van der Waals surface area contributed by atoms with Crippen LogP contribution in [-0.2, 0) is 12.0 Å². The van der Waals surface area contributed by atoms with Crippen molar-refractivity contribution in [3.8, 4) is 0 Å². The predicted molar refractivity (Wildman–Crippen MR) is 96.8 cm³/mol. The summed E-state index contributed by atoms with van der Waals surface area (Å²) >= 11 is 0. The summed E-state index contributed by atoms with van der Waals surface area (Å²) in [4.78, 5) is 26.1. The molecule has 0 saturated heterocycles. The Bertz CT molecular complexity index is 774. The van der Waals surface area contributed by atoms with Crippen LogP contribution in [0.1, 0.15) is 61.2 Å². The minimum atomic E-state index is -0.333. The lowest BCUT2D eigenvalue weighted by Gasteiger charge is -2.16. The van der Waals surface area contributed by atoms with Crippen LogP contribution >= 0.6 is 0 Å². The van der Waals surface area contributed by atoms with Gasteiger partial charge in [-0.2, -0.15) is 9.90 Å². The second-order valence-electron chi connectivity index (χ2n) is 6.70. The molecule has 1 heterocycles. The Hall–Kier alpha value is -2.70. The molecule has 7 nitrogen and oxygen atoms in total. The highest BCUT2D eigenvalue weighted by Crippen LogP contribution is 2.16. The summed E-state index contributed by atoms with van der Waals surface area (Å²) < 4.78 is 0. The number of amides is 2. The van der Waals surface area contributed by atoms with Crippen molar-refractivity contribution >= 4 is 17.5 Å². The number of benzene rings is 1. The van der Waals surface area contributed by atoms with Crippen LogP contribution in [0.4, 0.5) is 5.69 Å². The maximum atomic E-state index is 12.6. The number of carbonyl (C=O) groups is 2. The van der Waals surface area contributed by atoms with Crippen LogP contribution < -0.4 is 10.6 Å². The summed E-state index contributed by atoms with van der Waals surface area (Å²) in [5, 5.41) is 14.3. The molecule has 2 N–H and O–H groups in total. The highest BCUT2D eigenvalue weighted by Gasteiger charge is 2.23. The molecule has 0 aliphatic carbocycles. The van der Waals surface area contributed by atoms with Crippen molar-refractivity contribution in [3.05, 3.63) is 41.2 Å². The summed E-state index contributed by atoms with van der Waals surface area (Å²) in [6, 6.07) is 6.81. The Morgan fingerprint density at radius 1 is 1.12 bits per heavy atom. The Morgan fingerprint density at radius 2 is 1.84 bits per heavy atom. The predicted octanol–water partition coefficient (Wildman–Crippen LogP) is 2.60. The Labute approximate surface area is 147 Å². The van der Waals surface area contributed by atoms with E-state index in [1.54, 1.807) is 29.1 Å². The van der Waals surface area contributed by atoms with Crippen molar-refractivity contribution in [1.82, 2.24) is 20.3 Å². The molecule has 0 saturated carbocycles. The van der Waals surface area contributed by atoms with E-state index < -0.39 is 0 Å². The Balaban J connectivity index is 2.24. The summed E-state index contributed by atoms with van der Waals surface area (Å²) in [5.41, 5.74) is 1.68. The lowest BCUT2D eigenvalue weighted by Crippen LogP contribution is -2.25. The zero-order valence-electron chi connectivity index (χ0n) is 15.4. The van der Waals surface area contributed by atoms with Gasteiger partial charge in [0.15, 0.2) is 5.69 Å². The number of rotatable bonds is 5. The number of aromatic nitrogens is 3. The van der Waals surface area contributed by atoms with E-state index in [-0.39, 0.29) is 17.4 Å². The largest absolute Gasteiger partial charge is 0.352 e. The molecule has 0 radical (unpaired) electrons. The van der Waals surface area contributed by atoms with E-state index in [0.717, 1.165) is 0 Å². The molecular formula is C18H25N5O2. The third-order valence-corrected chi connectivity index (χ3v) is 3.55. The number of nitrogens with zero attached hydrogens (tertiary/aromatic N) is 3. The molecule has 0 spiro atoms. The van der Waals surface area contributed by atoms with Gasteiger partial charge in [0.25, 0.3) is 11.8 Å². The second kappa shape index (κ2) is 7.46. The number of nitrogens with one attached hydrogen (secondary N) is 2. The van der Waals surface area contributed by atoms with E-state index in [1.807, 2.05) is 34.6 Å². The molecule has 2 aromatic rings. The van der Waals surface area contributed by atoms with Gasteiger partial charge in [-0.3, -0.25) is 9.59 Å². The molecule has 0 atom stereocenters. The third-order valence-electron chi connectivity index (χ3n) is 3.55. The average Bonchev–Trinajstić information content (AvgIpc) is 3.00. The van der Waals surface area contributed by atoms with Crippen LogP contribution in [0.15, 0.2) is 24.3 Å². The van der Waals surface area contributed by atoms with Crippen LogP contribution in [0.3, 0.4) is 0 Å². The maximum Gasteiger partial charge on any atom is 0.278 e. The number of aryl methyl sites for hydroxylation is 1. The minimum Gasteiger partial charge on any atom is -0.352 e. The van der Waals surface area contributed by atoms with Gasteiger partial charge in [-0.15, -0.1) is 5.10 Å². The Morgan fingerprint density at radius 3 is 2.44 bits per heavy atom. The first-order valence-electron chi connectivity index (χ1n) is 8.42. The van der Waals surface area contributed by atoms with Crippen molar-refractivity contribution in [2.24, 2.45) is 0 Å². The fourth-order valence-electron chi connectivity index (χ4n) is 2.24. The molecule has 2 amide bonds. The Kier molecular flexibility index (Phi) is 5.56. The number of anilines is 1. The minimum absolute atomic E-state index is 0.175. The first kappa shape index (κ1) is 18.6. The average molecular weight is 343 g/mol. The van der Waals surface area contributed by atoms with E-state index >= 15 is 0 Å². The SMILES string of the molecule is CCNC(=O)c1cccc(NC(=O)c2nn(C(C)(C)C)nc2CC)c1. The molecule has 1 aromatic carbocycles. The van der Waals surface area contributed by atoms with Gasteiger partial charge in [-0.1, -0.05) is 13.0 Å². The number of carbonyl (C=O) groups excluding carboxylic acids is 2. The summed E-state index contributed by atoms with van der Waals surface area (Å²) in [7, 11) is 0. The van der Waals surface area contributed by atoms with E-state index in [4.69, 9.17) is 0 Å². The first-order chi connectivity index (χ1) is 11.8. The van der Waals surface area contributed by atoms with Crippen LogP contribution in [-0.4, -0.2) is 33.4 Å². The van der Waals surface area contributed by atoms with Gasteiger partial charge in [-0.05, 0) is 52.3 Å². The third kappa shape index (κ3) is 4.43. The lowest BCUT2D eigenvalue weighted by molar-refractivity contribution is 0.0954. The van der Waals surface area contributed by atoms with Crippen LogP contribution in [0, 0.1) is 0 Å². The normalized spacial score (nSPS) is 11.2. The van der Waals surface area contributed by atoms with Crippen molar-refractivity contribution in [2.75, 3.05) is 11.9 Å². The fraction of sp³-hybridized carbons (Fsp3) is 0.444. The summed E-state index contributed by atoms with van der Waals surface area (Å²) in [6.07, 6.45) is 0.609. The molecule has 134 valence electrons. The topological polar surface area (TPSA) is 88.9 Å². The molecule has 0 unspecified atom stereocenters. The highest BCUT2D eigenvalue weighted by atomic mass is 16.2. The lowest BCUT2D eigenvalue weighted by atomic mass is 10.1. The maximum absolute atomic E-state index is 12.6. The summed E-state index contributed by atoms with van der Waals surface area (Å²) in [6.45, 7) is 10.3. The van der Waals surface area contributed by atoms with Gasteiger partial charge >= 0.3 is 0 Å². The van der Waals surface area contributed by atoms with Crippen molar-refractivity contribution in [1.29, 1.82) is 0 Å². The van der Waals surface area contributed by atoms with E-state index in [9.17, 15) is 9.59 Å². The van der Waals surface area contributed by atoms with E-state index in [2.05, 4.69) is 20.8 Å². The van der Waals surface area contributed by atoms with Gasteiger partial charge in [0.1, 0.15) is 0 Å². The van der Waals surface area contributed by atoms with Crippen molar-refractivity contribution in [2.45, 2.75) is 46.6 Å². The smallest absolute Gasteiger partial charge is 0.278 e. The van der Waals surface area contributed by atoms with Gasteiger partial charge in [0, 0.05) is 17.8 Å². The molecule has 2 rings (SSSR count). The zero-order valence-corrected chi connectivity index (χ0v) is 15.4.